The summed E-state index contributed by atoms with van der Waals surface area (Å²) in [6, 6.07) is 13.0. The third kappa shape index (κ3) is 4.00. The Bertz CT molecular complexity index is 817. The fraction of sp³-hybridized carbons (Fsp3) is 0.222. The van der Waals surface area contributed by atoms with Gasteiger partial charge in [0.05, 0.1) is 11.3 Å². The third-order valence-electron chi connectivity index (χ3n) is 4.02. The second kappa shape index (κ2) is 7.12. The van der Waals surface area contributed by atoms with E-state index in [1.807, 2.05) is 24.3 Å². The first-order valence-corrected chi connectivity index (χ1v) is 7.96. The number of nitrogens with zero attached hydrogens (tertiary/aromatic N) is 2. The van der Waals surface area contributed by atoms with E-state index in [1.54, 1.807) is 4.90 Å². The first kappa shape index (κ1) is 16.6. The van der Waals surface area contributed by atoms with Gasteiger partial charge in [0.15, 0.2) is 0 Å². The molecule has 0 unspecified atom stereocenters. The lowest BCUT2D eigenvalue weighted by atomic mass is 10.1. The van der Waals surface area contributed by atoms with Gasteiger partial charge in [-0.1, -0.05) is 12.1 Å². The quantitative estimate of drug-likeness (QED) is 0.669. The average Bonchev–Trinajstić information content (AvgIpc) is 3.01. The van der Waals surface area contributed by atoms with Crippen LogP contribution in [0.1, 0.15) is 18.4 Å². The Morgan fingerprint density at radius 2 is 1.96 bits per heavy atom. The van der Waals surface area contributed by atoms with E-state index >= 15 is 0 Å². The summed E-state index contributed by atoms with van der Waals surface area (Å²) in [6.07, 6.45) is 1.57. The Kier molecular flexibility index (Phi) is 4.74. The zero-order valence-electron chi connectivity index (χ0n) is 13.5. The van der Waals surface area contributed by atoms with Gasteiger partial charge in [-0.25, -0.2) is 0 Å². The summed E-state index contributed by atoms with van der Waals surface area (Å²) >= 11 is 0. The summed E-state index contributed by atoms with van der Waals surface area (Å²) in [4.78, 5) is 35.9. The molecule has 7 heteroatoms. The number of hydrogen-bond acceptors (Lipinski definition) is 4. The van der Waals surface area contributed by atoms with E-state index in [4.69, 9.17) is 0 Å². The highest BCUT2D eigenvalue weighted by Gasteiger charge is 2.21. The largest absolute Gasteiger partial charge is 0.326 e. The molecule has 1 aliphatic rings. The molecule has 0 atom stereocenters. The van der Waals surface area contributed by atoms with Crippen LogP contribution in [0.2, 0.25) is 0 Å². The Morgan fingerprint density at radius 3 is 2.60 bits per heavy atom. The summed E-state index contributed by atoms with van der Waals surface area (Å²) in [5.74, 6) is -0.119. The van der Waals surface area contributed by atoms with Crippen molar-refractivity contribution in [3.8, 4) is 0 Å². The zero-order valence-corrected chi connectivity index (χ0v) is 13.5. The van der Waals surface area contributed by atoms with Crippen LogP contribution in [0.4, 0.5) is 17.1 Å². The van der Waals surface area contributed by atoms with E-state index in [2.05, 4.69) is 5.32 Å². The van der Waals surface area contributed by atoms with Crippen LogP contribution in [-0.4, -0.2) is 23.3 Å². The van der Waals surface area contributed by atoms with Crippen LogP contribution in [0.5, 0.6) is 0 Å². The smallest absolute Gasteiger partial charge is 0.269 e. The van der Waals surface area contributed by atoms with Crippen molar-refractivity contribution in [1.82, 2.24) is 0 Å². The van der Waals surface area contributed by atoms with Crippen molar-refractivity contribution in [2.24, 2.45) is 0 Å². The highest BCUT2D eigenvalue weighted by Crippen LogP contribution is 2.22. The average molecular weight is 339 g/mol. The molecular formula is C18H17N3O4. The molecule has 25 heavy (non-hydrogen) atoms. The monoisotopic (exact) mass is 339 g/mol. The Labute approximate surface area is 144 Å². The predicted molar refractivity (Wildman–Crippen MR) is 93.5 cm³/mol. The first-order valence-electron chi connectivity index (χ1n) is 7.96. The highest BCUT2D eigenvalue weighted by atomic mass is 16.6. The Hall–Kier alpha value is -3.22. The van der Waals surface area contributed by atoms with E-state index in [9.17, 15) is 19.7 Å². The number of rotatable bonds is 5. The van der Waals surface area contributed by atoms with Gasteiger partial charge < -0.3 is 10.2 Å². The van der Waals surface area contributed by atoms with Crippen LogP contribution >= 0.6 is 0 Å². The number of benzene rings is 2. The van der Waals surface area contributed by atoms with Gasteiger partial charge >= 0.3 is 0 Å². The molecule has 0 radical (unpaired) electrons. The molecule has 0 bridgehead atoms. The molecule has 1 saturated heterocycles. The molecule has 1 fully saturated rings. The van der Waals surface area contributed by atoms with Gasteiger partial charge in [0, 0.05) is 36.5 Å². The normalized spacial score (nSPS) is 13.8. The zero-order chi connectivity index (χ0) is 17.8. The molecule has 2 amide bonds. The van der Waals surface area contributed by atoms with Crippen LogP contribution in [0.3, 0.4) is 0 Å². The number of anilines is 2. The van der Waals surface area contributed by atoms with E-state index in [1.165, 1.54) is 24.3 Å². The van der Waals surface area contributed by atoms with Crippen molar-refractivity contribution >= 4 is 28.9 Å². The van der Waals surface area contributed by atoms with Crippen LogP contribution in [0, 0.1) is 10.1 Å². The van der Waals surface area contributed by atoms with E-state index in [0.717, 1.165) is 17.7 Å². The van der Waals surface area contributed by atoms with Crippen LogP contribution < -0.4 is 10.2 Å². The molecule has 1 aliphatic heterocycles. The van der Waals surface area contributed by atoms with Crippen molar-refractivity contribution in [3.05, 3.63) is 64.2 Å². The van der Waals surface area contributed by atoms with Gasteiger partial charge in [0.2, 0.25) is 11.8 Å². The maximum Gasteiger partial charge on any atom is 0.269 e. The number of carbonyl (C=O) groups is 2. The Balaban J connectivity index is 1.64. The lowest BCUT2D eigenvalue weighted by Gasteiger charge is -2.16. The minimum absolute atomic E-state index is 0.0269. The van der Waals surface area contributed by atoms with Gasteiger partial charge in [-0.05, 0) is 36.2 Å². The number of nitro groups is 1. The fourth-order valence-electron chi connectivity index (χ4n) is 2.81. The molecule has 0 aromatic heterocycles. The van der Waals surface area contributed by atoms with Crippen LogP contribution in [0.25, 0.3) is 0 Å². The molecule has 0 saturated carbocycles. The summed E-state index contributed by atoms with van der Waals surface area (Å²) in [5.41, 5.74) is 2.09. The minimum atomic E-state index is -0.489. The lowest BCUT2D eigenvalue weighted by Crippen LogP contribution is -2.23. The molecule has 7 nitrogen and oxygen atoms in total. The SMILES string of the molecule is O=C(Cc1cccc(N2CCCC2=O)c1)Nc1ccc([N+](=O)[O-])cc1. The summed E-state index contributed by atoms with van der Waals surface area (Å²) in [6.45, 7) is 0.706. The molecule has 2 aromatic carbocycles. The topological polar surface area (TPSA) is 92.6 Å². The molecule has 0 aliphatic carbocycles. The lowest BCUT2D eigenvalue weighted by molar-refractivity contribution is -0.384. The van der Waals surface area contributed by atoms with Crippen LogP contribution in [0.15, 0.2) is 48.5 Å². The summed E-state index contributed by atoms with van der Waals surface area (Å²) in [7, 11) is 0. The second-order valence-corrected chi connectivity index (χ2v) is 5.85. The first-order chi connectivity index (χ1) is 12.0. The van der Waals surface area contributed by atoms with Crippen LogP contribution in [-0.2, 0) is 16.0 Å². The van der Waals surface area contributed by atoms with Crippen molar-refractivity contribution < 1.29 is 14.5 Å². The van der Waals surface area contributed by atoms with Crippen molar-refractivity contribution in [1.29, 1.82) is 0 Å². The Morgan fingerprint density at radius 1 is 1.20 bits per heavy atom. The van der Waals surface area contributed by atoms with Gasteiger partial charge in [-0.15, -0.1) is 0 Å². The highest BCUT2D eigenvalue weighted by molar-refractivity contribution is 5.96. The molecule has 1 N–H and O–H groups in total. The molecule has 128 valence electrons. The van der Waals surface area contributed by atoms with E-state index in [-0.39, 0.29) is 23.9 Å². The predicted octanol–water partition coefficient (Wildman–Crippen LogP) is 2.90. The van der Waals surface area contributed by atoms with Gasteiger partial charge in [0.25, 0.3) is 5.69 Å². The molecule has 1 heterocycles. The van der Waals surface area contributed by atoms with E-state index < -0.39 is 4.92 Å². The number of non-ortho nitro benzene ring substituents is 1. The van der Waals surface area contributed by atoms with Crippen molar-refractivity contribution in [3.63, 3.8) is 0 Å². The minimum Gasteiger partial charge on any atom is -0.326 e. The maximum atomic E-state index is 12.2. The number of nitro benzene ring substituents is 1. The van der Waals surface area contributed by atoms with Gasteiger partial charge in [-0.3, -0.25) is 19.7 Å². The number of hydrogen-bond donors (Lipinski definition) is 1. The fourth-order valence-corrected chi connectivity index (χ4v) is 2.81. The van der Waals surface area contributed by atoms with Crippen molar-refractivity contribution in [2.75, 3.05) is 16.8 Å². The third-order valence-corrected chi connectivity index (χ3v) is 4.02. The summed E-state index contributed by atoms with van der Waals surface area (Å²) < 4.78 is 0. The maximum absolute atomic E-state index is 12.2. The number of carbonyl (C=O) groups excluding carboxylic acids is 2. The molecule has 3 rings (SSSR count). The molecular weight excluding hydrogens is 322 g/mol. The van der Waals surface area contributed by atoms with Crippen molar-refractivity contribution in [2.45, 2.75) is 19.3 Å². The standard InChI is InChI=1S/C18H17N3O4/c22-17(19-14-6-8-15(9-7-14)21(24)25)12-13-3-1-4-16(11-13)20-10-2-5-18(20)23/h1,3-4,6-9,11H,2,5,10,12H2,(H,19,22). The summed E-state index contributed by atoms with van der Waals surface area (Å²) in [5, 5.41) is 13.3. The van der Waals surface area contributed by atoms with Gasteiger partial charge in [0.1, 0.15) is 0 Å². The molecule has 0 spiro atoms. The second-order valence-electron chi connectivity index (χ2n) is 5.85. The van der Waals surface area contributed by atoms with Gasteiger partial charge in [-0.2, -0.15) is 0 Å². The molecule has 2 aromatic rings. The number of nitrogens with one attached hydrogen (secondary N) is 1. The number of amides is 2. The van der Waals surface area contributed by atoms with E-state index in [0.29, 0.717) is 18.7 Å².